The quantitative estimate of drug-likeness (QED) is 0.574. The number of aryl methyl sites for hydroxylation is 2. The summed E-state index contributed by atoms with van der Waals surface area (Å²) in [6.45, 7) is 1.24. The standard InChI is InChI=1S/C20H23F2N5O3/c1-12-15(13(2)27-20(26-12)24-11-25-27)5-7-18(28)23-9-8-14-4-6-16(29-3)17(10-14)30-19(21)22/h4,6,10-11,19H,5,7-9H2,1-3H3,(H,23,28). The lowest BCUT2D eigenvalue weighted by molar-refractivity contribution is -0.121. The first-order valence-electron chi connectivity index (χ1n) is 9.43. The third-order valence-electron chi connectivity index (χ3n) is 4.77. The van der Waals surface area contributed by atoms with Crippen molar-refractivity contribution in [1.29, 1.82) is 0 Å². The lowest BCUT2D eigenvalue weighted by atomic mass is 10.1. The van der Waals surface area contributed by atoms with Crippen molar-refractivity contribution in [2.45, 2.75) is 39.7 Å². The summed E-state index contributed by atoms with van der Waals surface area (Å²) >= 11 is 0. The molecule has 0 aliphatic heterocycles. The van der Waals surface area contributed by atoms with Gasteiger partial charge in [-0.05, 0) is 49.9 Å². The van der Waals surface area contributed by atoms with E-state index in [0.29, 0.717) is 31.6 Å². The molecule has 10 heteroatoms. The van der Waals surface area contributed by atoms with Gasteiger partial charge < -0.3 is 14.8 Å². The highest BCUT2D eigenvalue weighted by molar-refractivity contribution is 5.76. The molecule has 0 aliphatic carbocycles. The highest BCUT2D eigenvalue weighted by Crippen LogP contribution is 2.29. The number of hydrogen-bond acceptors (Lipinski definition) is 6. The van der Waals surface area contributed by atoms with E-state index in [4.69, 9.17) is 4.74 Å². The van der Waals surface area contributed by atoms with Crippen LogP contribution in [0.25, 0.3) is 5.78 Å². The molecule has 0 unspecified atom stereocenters. The summed E-state index contributed by atoms with van der Waals surface area (Å²) in [5.41, 5.74) is 3.45. The average Bonchev–Trinajstić information content (AvgIpc) is 3.16. The van der Waals surface area contributed by atoms with Crippen molar-refractivity contribution < 1.29 is 23.0 Å². The maximum Gasteiger partial charge on any atom is 0.387 e. The van der Waals surface area contributed by atoms with Gasteiger partial charge in [-0.1, -0.05) is 6.07 Å². The molecule has 0 saturated heterocycles. The minimum atomic E-state index is -2.94. The maximum atomic E-state index is 12.5. The Hall–Kier alpha value is -3.30. The molecule has 0 bridgehead atoms. The lowest BCUT2D eigenvalue weighted by Gasteiger charge is -2.12. The van der Waals surface area contributed by atoms with Gasteiger partial charge in [0.1, 0.15) is 6.33 Å². The SMILES string of the molecule is COc1ccc(CCNC(=O)CCc2c(C)nc3ncnn3c2C)cc1OC(F)F. The van der Waals surface area contributed by atoms with Gasteiger partial charge in [-0.3, -0.25) is 4.79 Å². The molecule has 0 aliphatic rings. The van der Waals surface area contributed by atoms with Crippen LogP contribution in [0.15, 0.2) is 24.5 Å². The first-order valence-corrected chi connectivity index (χ1v) is 9.43. The summed E-state index contributed by atoms with van der Waals surface area (Å²) in [7, 11) is 1.38. The fourth-order valence-electron chi connectivity index (χ4n) is 3.26. The van der Waals surface area contributed by atoms with E-state index < -0.39 is 6.61 Å². The van der Waals surface area contributed by atoms with Crippen molar-refractivity contribution in [1.82, 2.24) is 24.9 Å². The number of alkyl halides is 2. The second-order valence-corrected chi connectivity index (χ2v) is 6.70. The molecule has 1 N–H and O–H groups in total. The molecule has 3 rings (SSSR count). The third-order valence-corrected chi connectivity index (χ3v) is 4.77. The van der Waals surface area contributed by atoms with Crippen molar-refractivity contribution in [2.24, 2.45) is 0 Å². The minimum absolute atomic E-state index is 0.0294. The summed E-state index contributed by atoms with van der Waals surface area (Å²) in [5, 5.41) is 6.99. The van der Waals surface area contributed by atoms with Gasteiger partial charge in [0.05, 0.1) is 7.11 Å². The van der Waals surface area contributed by atoms with E-state index in [-0.39, 0.29) is 17.4 Å². The Bertz CT molecular complexity index is 1040. The van der Waals surface area contributed by atoms with E-state index in [0.717, 1.165) is 22.5 Å². The van der Waals surface area contributed by atoms with Crippen LogP contribution in [0.3, 0.4) is 0 Å². The summed E-state index contributed by atoms with van der Waals surface area (Å²) in [6, 6.07) is 4.80. The number of fused-ring (bicyclic) bond motifs is 1. The van der Waals surface area contributed by atoms with Crippen LogP contribution in [-0.4, -0.2) is 45.8 Å². The zero-order chi connectivity index (χ0) is 21.7. The topological polar surface area (TPSA) is 90.6 Å². The smallest absolute Gasteiger partial charge is 0.387 e. The largest absolute Gasteiger partial charge is 0.493 e. The zero-order valence-electron chi connectivity index (χ0n) is 17.0. The van der Waals surface area contributed by atoms with E-state index in [1.54, 1.807) is 16.6 Å². The molecule has 0 fully saturated rings. The molecule has 0 saturated carbocycles. The number of hydrogen-bond donors (Lipinski definition) is 1. The Morgan fingerprint density at radius 1 is 1.23 bits per heavy atom. The minimum Gasteiger partial charge on any atom is -0.493 e. The molecule has 8 nitrogen and oxygen atoms in total. The van der Waals surface area contributed by atoms with E-state index in [9.17, 15) is 13.6 Å². The molecule has 0 radical (unpaired) electrons. The predicted octanol–water partition coefficient (Wildman–Crippen LogP) is 2.64. The maximum absolute atomic E-state index is 12.5. The monoisotopic (exact) mass is 419 g/mol. The Kier molecular flexibility index (Phi) is 6.76. The molecule has 1 aromatic carbocycles. The normalized spacial score (nSPS) is 11.1. The van der Waals surface area contributed by atoms with Gasteiger partial charge in [-0.2, -0.15) is 18.9 Å². The molecule has 0 atom stereocenters. The molecule has 1 amide bonds. The molecule has 2 heterocycles. The van der Waals surface area contributed by atoms with Crippen LogP contribution in [0.4, 0.5) is 8.78 Å². The van der Waals surface area contributed by atoms with Crippen LogP contribution in [-0.2, 0) is 17.6 Å². The first-order chi connectivity index (χ1) is 14.4. The number of ether oxygens (including phenoxy) is 2. The fourth-order valence-corrected chi connectivity index (χ4v) is 3.26. The van der Waals surface area contributed by atoms with Gasteiger partial charge in [0.2, 0.25) is 5.91 Å². The van der Waals surface area contributed by atoms with Crippen molar-refractivity contribution in [3.8, 4) is 11.5 Å². The number of amides is 1. The summed E-state index contributed by atoms with van der Waals surface area (Å²) < 4.78 is 36.2. The van der Waals surface area contributed by atoms with Crippen molar-refractivity contribution in [2.75, 3.05) is 13.7 Å². The number of rotatable bonds is 9. The van der Waals surface area contributed by atoms with Crippen molar-refractivity contribution in [3.63, 3.8) is 0 Å². The Balaban J connectivity index is 1.53. The Morgan fingerprint density at radius 2 is 2.03 bits per heavy atom. The first kappa shape index (κ1) is 21.4. The van der Waals surface area contributed by atoms with Crippen molar-refractivity contribution in [3.05, 3.63) is 47.0 Å². The molecule has 0 spiro atoms. The van der Waals surface area contributed by atoms with Gasteiger partial charge in [-0.15, -0.1) is 0 Å². The van der Waals surface area contributed by atoms with E-state index in [1.165, 1.54) is 19.5 Å². The van der Waals surface area contributed by atoms with Gasteiger partial charge in [0, 0.05) is 24.4 Å². The summed E-state index contributed by atoms with van der Waals surface area (Å²) in [5.74, 6) is 0.628. The number of carbonyl (C=O) groups is 1. The van der Waals surface area contributed by atoms with Crippen LogP contribution in [0.5, 0.6) is 11.5 Å². The molecule has 30 heavy (non-hydrogen) atoms. The van der Waals surface area contributed by atoms with Crippen LogP contribution in [0.2, 0.25) is 0 Å². The van der Waals surface area contributed by atoms with E-state index in [1.807, 2.05) is 13.8 Å². The number of aromatic nitrogens is 4. The van der Waals surface area contributed by atoms with Crippen LogP contribution in [0, 0.1) is 13.8 Å². The third kappa shape index (κ3) is 5.00. The van der Waals surface area contributed by atoms with Crippen molar-refractivity contribution >= 4 is 11.7 Å². The highest BCUT2D eigenvalue weighted by atomic mass is 19.3. The molecular weight excluding hydrogens is 396 g/mol. The Labute approximate surface area is 172 Å². The van der Waals surface area contributed by atoms with Crippen LogP contribution < -0.4 is 14.8 Å². The predicted molar refractivity (Wildman–Crippen MR) is 105 cm³/mol. The van der Waals surface area contributed by atoms with Gasteiger partial charge >= 0.3 is 6.61 Å². The number of nitrogens with one attached hydrogen (secondary N) is 1. The number of benzene rings is 1. The molecule has 160 valence electrons. The van der Waals surface area contributed by atoms with Gasteiger partial charge in [-0.25, -0.2) is 9.50 Å². The average molecular weight is 419 g/mol. The number of nitrogens with zero attached hydrogens (tertiary/aromatic N) is 4. The van der Waals surface area contributed by atoms with Crippen LogP contribution >= 0.6 is 0 Å². The fraction of sp³-hybridized carbons (Fsp3) is 0.400. The molecule has 3 aromatic rings. The highest BCUT2D eigenvalue weighted by Gasteiger charge is 2.13. The molecule has 2 aromatic heterocycles. The number of methoxy groups -OCH3 is 1. The second-order valence-electron chi connectivity index (χ2n) is 6.70. The number of carbonyl (C=O) groups excluding carboxylic acids is 1. The zero-order valence-corrected chi connectivity index (χ0v) is 17.0. The summed E-state index contributed by atoms with van der Waals surface area (Å²) in [6.07, 6.45) is 2.75. The van der Waals surface area contributed by atoms with Gasteiger partial charge in [0.15, 0.2) is 11.5 Å². The molecular formula is C20H23F2N5O3. The van der Waals surface area contributed by atoms with Crippen LogP contribution in [0.1, 0.15) is 28.9 Å². The Morgan fingerprint density at radius 3 is 2.77 bits per heavy atom. The van der Waals surface area contributed by atoms with Gasteiger partial charge in [0.25, 0.3) is 5.78 Å². The lowest BCUT2D eigenvalue weighted by Crippen LogP contribution is -2.26. The van der Waals surface area contributed by atoms with E-state index in [2.05, 4.69) is 25.1 Å². The van der Waals surface area contributed by atoms with E-state index >= 15 is 0 Å². The number of halogens is 2. The second kappa shape index (κ2) is 9.47. The summed E-state index contributed by atoms with van der Waals surface area (Å²) in [4.78, 5) is 20.7.